The van der Waals surface area contributed by atoms with Gasteiger partial charge in [-0.1, -0.05) is 0 Å². The maximum Gasteiger partial charge on any atom is 0.232 e. The highest BCUT2D eigenvalue weighted by Gasteiger charge is 2.28. The van der Waals surface area contributed by atoms with Crippen LogP contribution in [0.4, 0.5) is 0 Å². The summed E-state index contributed by atoms with van der Waals surface area (Å²) in [6, 6.07) is 0.305. The third kappa shape index (κ3) is 1.85. The van der Waals surface area contributed by atoms with Gasteiger partial charge in [0.15, 0.2) is 0 Å². The van der Waals surface area contributed by atoms with Gasteiger partial charge in [-0.3, -0.25) is 4.98 Å². The van der Waals surface area contributed by atoms with Gasteiger partial charge in [0.1, 0.15) is 6.10 Å². The van der Waals surface area contributed by atoms with Crippen LogP contribution in [0.5, 0.6) is 5.88 Å². The van der Waals surface area contributed by atoms with E-state index in [1.165, 1.54) is 0 Å². The minimum atomic E-state index is 0.237. The van der Waals surface area contributed by atoms with E-state index in [9.17, 15) is 0 Å². The molecule has 0 atom stereocenters. The summed E-state index contributed by atoms with van der Waals surface area (Å²) in [6.45, 7) is 3.87. The molecule has 2 N–H and O–H groups in total. The Labute approximate surface area is 83.5 Å². The van der Waals surface area contributed by atoms with Crippen molar-refractivity contribution in [2.45, 2.75) is 38.8 Å². The lowest BCUT2D eigenvalue weighted by molar-refractivity contribution is 0.0951. The van der Waals surface area contributed by atoms with Gasteiger partial charge < -0.3 is 10.5 Å². The molecular weight excluding hydrogens is 178 g/mol. The fourth-order valence-electron chi connectivity index (χ4n) is 1.45. The second kappa shape index (κ2) is 3.53. The molecule has 4 nitrogen and oxygen atoms in total. The molecular formula is C10H15N3O. The Bertz CT molecular complexity index is 334. The van der Waals surface area contributed by atoms with Crippen molar-refractivity contribution in [2.75, 3.05) is 0 Å². The zero-order valence-electron chi connectivity index (χ0n) is 8.53. The lowest BCUT2D eigenvalue weighted by Gasteiger charge is -2.32. The van der Waals surface area contributed by atoms with Gasteiger partial charge in [0.2, 0.25) is 5.88 Å². The lowest BCUT2D eigenvalue weighted by Crippen LogP contribution is -2.43. The Morgan fingerprint density at radius 1 is 1.36 bits per heavy atom. The predicted octanol–water partition coefficient (Wildman–Crippen LogP) is 0.962. The summed E-state index contributed by atoms with van der Waals surface area (Å²) in [4.78, 5) is 8.48. The van der Waals surface area contributed by atoms with Crippen molar-refractivity contribution >= 4 is 0 Å². The molecule has 1 heterocycles. The van der Waals surface area contributed by atoms with Crippen molar-refractivity contribution in [3.63, 3.8) is 0 Å². The molecule has 1 aromatic heterocycles. The normalized spacial score (nSPS) is 25.6. The van der Waals surface area contributed by atoms with Gasteiger partial charge in [-0.05, 0) is 26.7 Å². The minimum Gasteiger partial charge on any atom is -0.473 e. The van der Waals surface area contributed by atoms with Gasteiger partial charge >= 0.3 is 0 Å². The number of aryl methyl sites for hydroxylation is 2. The summed E-state index contributed by atoms with van der Waals surface area (Å²) in [6.07, 6.45) is 3.76. The standard InChI is InChI=1S/C10H15N3O/c1-6-7(2)13-10(5-12-6)14-9-3-8(11)4-9/h5,8-9H,3-4,11H2,1-2H3. The minimum absolute atomic E-state index is 0.237. The van der Waals surface area contributed by atoms with Gasteiger partial charge in [-0.2, -0.15) is 0 Å². The molecule has 1 aliphatic carbocycles. The van der Waals surface area contributed by atoms with Crippen molar-refractivity contribution in [1.29, 1.82) is 0 Å². The van der Waals surface area contributed by atoms with Crippen LogP contribution >= 0.6 is 0 Å². The third-order valence-electron chi connectivity index (χ3n) is 2.59. The molecule has 0 bridgehead atoms. The molecule has 0 unspecified atom stereocenters. The lowest BCUT2D eigenvalue weighted by atomic mass is 9.90. The van der Waals surface area contributed by atoms with E-state index in [1.54, 1.807) is 6.20 Å². The first-order valence-electron chi connectivity index (χ1n) is 4.87. The molecule has 0 amide bonds. The Morgan fingerprint density at radius 3 is 2.64 bits per heavy atom. The number of hydrogen-bond donors (Lipinski definition) is 1. The zero-order valence-corrected chi connectivity index (χ0v) is 8.53. The molecule has 14 heavy (non-hydrogen) atoms. The van der Waals surface area contributed by atoms with Gasteiger partial charge in [-0.25, -0.2) is 4.98 Å². The molecule has 1 aromatic rings. The Kier molecular flexibility index (Phi) is 2.37. The maximum absolute atomic E-state index is 5.66. The summed E-state index contributed by atoms with van der Waals surface area (Å²) >= 11 is 0. The molecule has 0 aliphatic heterocycles. The van der Waals surface area contributed by atoms with Gasteiger partial charge in [-0.15, -0.1) is 0 Å². The topological polar surface area (TPSA) is 61.0 Å². The van der Waals surface area contributed by atoms with Crippen LogP contribution in [-0.2, 0) is 0 Å². The van der Waals surface area contributed by atoms with Crippen LogP contribution in [-0.4, -0.2) is 22.1 Å². The smallest absolute Gasteiger partial charge is 0.232 e. The van der Waals surface area contributed by atoms with Crippen LogP contribution in [0.15, 0.2) is 6.20 Å². The van der Waals surface area contributed by atoms with Crippen molar-refractivity contribution in [3.05, 3.63) is 17.6 Å². The summed E-state index contributed by atoms with van der Waals surface area (Å²) in [7, 11) is 0. The van der Waals surface area contributed by atoms with E-state index in [4.69, 9.17) is 10.5 Å². The van der Waals surface area contributed by atoms with Gasteiger partial charge in [0, 0.05) is 6.04 Å². The number of nitrogens with two attached hydrogens (primary N) is 1. The molecule has 76 valence electrons. The second-order valence-corrected chi connectivity index (χ2v) is 3.85. The average Bonchev–Trinajstić information content (AvgIpc) is 2.09. The van der Waals surface area contributed by atoms with Crippen LogP contribution in [0.2, 0.25) is 0 Å². The Hall–Kier alpha value is -1.16. The molecule has 4 heteroatoms. The largest absolute Gasteiger partial charge is 0.473 e. The molecule has 0 radical (unpaired) electrons. The fourth-order valence-corrected chi connectivity index (χ4v) is 1.45. The molecule has 0 saturated heterocycles. The maximum atomic E-state index is 5.66. The summed E-state index contributed by atoms with van der Waals surface area (Å²) in [5, 5.41) is 0. The molecule has 1 aliphatic rings. The summed E-state index contributed by atoms with van der Waals surface area (Å²) < 4.78 is 5.60. The van der Waals surface area contributed by atoms with Crippen molar-refractivity contribution in [1.82, 2.24) is 9.97 Å². The number of hydrogen-bond acceptors (Lipinski definition) is 4. The quantitative estimate of drug-likeness (QED) is 0.760. The van der Waals surface area contributed by atoms with E-state index >= 15 is 0 Å². The van der Waals surface area contributed by atoms with Crippen LogP contribution in [0.3, 0.4) is 0 Å². The van der Waals surface area contributed by atoms with Crippen LogP contribution in [0.1, 0.15) is 24.2 Å². The zero-order chi connectivity index (χ0) is 10.1. The molecule has 1 saturated carbocycles. The first-order chi connectivity index (χ1) is 6.65. The van der Waals surface area contributed by atoms with Crippen molar-refractivity contribution < 1.29 is 4.74 Å². The average molecular weight is 193 g/mol. The van der Waals surface area contributed by atoms with E-state index in [0.717, 1.165) is 24.2 Å². The fraction of sp³-hybridized carbons (Fsp3) is 0.600. The van der Waals surface area contributed by atoms with Gasteiger partial charge in [0.05, 0.1) is 17.6 Å². The highest BCUT2D eigenvalue weighted by Crippen LogP contribution is 2.23. The first kappa shape index (κ1) is 9.40. The van der Waals surface area contributed by atoms with E-state index in [-0.39, 0.29) is 6.10 Å². The highest BCUT2D eigenvalue weighted by molar-refractivity contribution is 5.14. The molecule has 2 rings (SSSR count). The SMILES string of the molecule is Cc1ncc(OC2CC(N)C2)nc1C. The van der Waals surface area contributed by atoms with Crippen molar-refractivity contribution in [3.8, 4) is 5.88 Å². The third-order valence-corrected chi connectivity index (χ3v) is 2.59. The van der Waals surface area contributed by atoms with Crippen LogP contribution in [0, 0.1) is 13.8 Å². The Morgan fingerprint density at radius 2 is 2.07 bits per heavy atom. The monoisotopic (exact) mass is 193 g/mol. The Balaban J connectivity index is 2.00. The van der Waals surface area contributed by atoms with E-state index < -0.39 is 0 Å². The number of ether oxygens (including phenoxy) is 1. The van der Waals surface area contributed by atoms with Crippen LogP contribution in [0.25, 0.3) is 0 Å². The molecule has 1 fully saturated rings. The second-order valence-electron chi connectivity index (χ2n) is 3.85. The molecule has 0 spiro atoms. The van der Waals surface area contributed by atoms with Gasteiger partial charge in [0.25, 0.3) is 0 Å². The molecule has 0 aromatic carbocycles. The van der Waals surface area contributed by atoms with Crippen LogP contribution < -0.4 is 10.5 Å². The first-order valence-corrected chi connectivity index (χ1v) is 4.87. The number of nitrogens with zero attached hydrogens (tertiary/aromatic N) is 2. The number of aromatic nitrogens is 2. The summed E-state index contributed by atoms with van der Waals surface area (Å²) in [5.41, 5.74) is 7.53. The number of rotatable bonds is 2. The van der Waals surface area contributed by atoms with E-state index in [0.29, 0.717) is 11.9 Å². The predicted molar refractivity (Wildman–Crippen MR) is 53.1 cm³/mol. The summed E-state index contributed by atoms with van der Waals surface area (Å²) in [5.74, 6) is 0.616. The highest BCUT2D eigenvalue weighted by atomic mass is 16.5. The van der Waals surface area contributed by atoms with Crippen molar-refractivity contribution in [2.24, 2.45) is 5.73 Å². The van der Waals surface area contributed by atoms with E-state index in [1.807, 2.05) is 13.8 Å². The van der Waals surface area contributed by atoms with E-state index in [2.05, 4.69) is 9.97 Å².